The number of aromatic nitrogens is 3. The molecule has 1 aromatic carbocycles. The van der Waals surface area contributed by atoms with E-state index in [9.17, 15) is 8.76 Å². The Labute approximate surface area is 200 Å². The Morgan fingerprint density at radius 1 is 1.24 bits per heavy atom. The molecule has 2 aliphatic heterocycles. The molecular formula is C22H28ClN5O4S. The number of hydrogen-bond donors (Lipinski definition) is 1. The summed E-state index contributed by atoms with van der Waals surface area (Å²) in [6, 6.07) is 5.66. The predicted octanol–water partition coefficient (Wildman–Crippen LogP) is 3.39. The van der Waals surface area contributed by atoms with E-state index in [1.807, 2.05) is 18.2 Å². The van der Waals surface area contributed by atoms with Crippen LogP contribution in [-0.4, -0.2) is 60.9 Å². The van der Waals surface area contributed by atoms with Gasteiger partial charge in [-0.3, -0.25) is 5.32 Å². The number of benzene rings is 1. The van der Waals surface area contributed by atoms with Crippen LogP contribution in [0.1, 0.15) is 37.6 Å². The summed E-state index contributed by atoms with van der Waals surface area (Å²) in [6.45, 7) is 2.44. The molecular weight excluding hydrogens is 466 g/mol. The molecule has 11 heteroatoms. The average Bonchev–Trinajstić information content (AvgIpc) is 3.53. The van der Waals surface area contributed by atoms with E-state index in [2.05, 4.69) is 26.3 Å². The van der Waals surface area contributed by atoms with Gasteiger partial charge in [0, 0.05) is 37.8 Å². The zero-order valence-corrected chi connectivity index (χ0v) is 20.3. The molecule has 4 heterocycles. The molecule has 0 saturated carbocycles. The van der Waals surface area contributed by atoms with E-state index in [0.717, 1.165) is 55.5 Å². The summed E-state index contributed by atoms with van der Waals surface area (Å²) >= 11 is 4.35. The van der Waals surface area contributed by atoms with E-state index in [-0.39, 0.29) is 16.1 Å². The molecule has 33 heavy (non-hydrogen) atoms. The first-order chi connectivity index (χ1) is 15.8. The van der Waals surface area contributed by atoms with Gasteiger partial charge in [0.2, 0.25) is 11.8 Å². The molecule has 2 fully saturated rings. The lowest BCUT2D eigenvalue weighted by molar-refractivity contribution is -0.794. The van der Waals surface area contributed by atoms with Gasteiger partial charge in [-0.15, -0.1) is 10.2 Å². The van der Waals surface area contributed by atoms with E-state index in [4.69, 9.17) is 20.8 Å². The fourth-order valence-electron chi connectivity index (χ4n) is 4.83. The largest absolute Gasteiger partial charge is 0.724 e. The van der Waals surface area contributed by atoms with Gasteiger partial charge < -0.3 is 18.3 Å². The molecule has 5 rings (SSSR count). The fraction of sp³-hybridized carbons (Fsp3) is 0.545. The number of halogens is 1. The molecule has 0 amide bonds. The van der Waals surface area contributed by atoms with Gasteiger partial charge in [-0.1, -0.05) is 23.7 Å². The number of para-hydroxylation sites is 1. The third kappa shape index (κ3) is 4.36. The van der Waals surface area contributed by atoms with E-state index in [1.165, 1.54) is 0 Å². The van der Waals surface area contributed by atoms with Gasteiger partial charge >= 0.3 is 0 Å². The van der Waals surface area contributed by atoms with Crippen LogP contribution in [0.25, 0.3) is 22.4 Å². The summed E-state index contributed by atoms with van der Waals surface area (Å²) in [7, 11) is 3.33. The molecule has 2 aliphatic rings. The Hall–Kier alpha value is -1.82. The van der Waals surface area contributed by atoms with Crippen molar-refractivity contribution in [3.05, 3.63) is 35.3 Å². The lowest BCUT2D eigenvalue weighted by atomic mass is 10.0. The Kier molecular flexibility index (Phi) is 6.32. The summed E-state index contributed by atoms with van der Waals surface area (Å²) in [4.78, 5) is 0. The van der Waals surface area contributed by atoms with Crippen molar-refractivity contribution in [3.63, 3.8) is 0 Å². The van der Waals surface area contributed by atoms with Gasteiger partial charge in [0.05, 0.1) is 36.2 Å². The highest BCUT2D eigenvalue weighted by molar-refractivity contribution is 7.73. The number of nitrogens with zero attached hydrogens (tertiary/aromatic N) is 4. The number of ether oxygens (including phenoxy) is 1. The lowest BCUT2D eigenvalue weighted by Gasteiger charge is -2.35. The third-order valence-electron chi connectivity index (χ3n) is 6.87. The molecule has 178 valence electrons. The van der Waals surface area contributed by atoms with Crippen LogP contribution < -0.4 is 5.32 Å². The minimum atomic E-state index is -2.25. The van der Waals surface area contributed by atoms with Crippen molar-refractivity contribution in [2.24, 2.45) is 5.92 Å². The second-order valence-corrected chi connectivity index (χ2v) is 11.1. The summed E-state index contributed by atoms with van der Waals surface area (Å²) in [5, 5.41) is 13.6. The van der Waals surface area contributed by atoms with Crippen LogP contribution in [0.4, 0.5) is 0 Å². The molecule has 2 aromatic heterocycles. The molecule has 0 spiro atoms. The summed E-state index contributed by atoms with van der Waals surface area (Å²) < 4.78 is 36.8. The van der Waals surface area contributed by atoms with Crippen molar-refractivity contribution in [3.8, 4) is 11.5 Å². The highest BCUT2D eigenvalue weighted by Gasteiger charge is 2.39. The zero-order valence-electron chi connectivity index (χ0n) is 18.7. The Morgan fingerprint density at radius 2 is 2.03 bits per heavy atom. The van der Waals surface area contributed by atoms with Crippen molar-refractivity contribution < 1.29 is 21.8 Å². The molecule has 2 unspecified atom stereocenters. The van der Waals surface area contributed by atoms with Crippen molar-refractivity contribution in [2.45, 2.75) is 44.4 Å². The maximum atomic E-state index is 11.6. The molecule has 3 aromatic rings. The van der Waals surface area contributed by atoms with Crippen LogP contribution in [-0.2, 0) is 22.5 Å². The first-order valence-corrected chi connectivity index (χ1v) is 12.6. The molecule has 9 nitrogen and oxygen atoms in total. The second-order valence-electron chi connectivity index (χ2n) is 9.30. The van der Waals surface area contributed by atoms with Crippen molar-refractivity contribution >= 4 is 33.8 Å². The van der Waals surface area contributed by atoms with Crippen LogP contribution in [0.15, 0.2) is 28.8 Å². The minimum absolute atomic E-state index is 0.157. The topological polar surface area (TPSA) is 105 Å². The highest BCUT2D eigenvalue weighted by atomic mass is 35.5. The quantitative estimate of drug-likeness (QED) is 0.414. The molecule has 2 saturated heterocycles. The molecule has 1 N–H and O–H groups in total. The Balaban J connectivity index is 1.43. The van der Waals surface area contributed by atoms with Gasteiger partial charge in [0.25, 0.3) is 0 Å². The van der Waals surface area contributed by atoms with Gasteiger partial charge in [0.15, 0.2) is 6.17 Å². The standard InChI is InChI=1S/C22H28ClN5O4S/c1-28(2,33(29)30)19-7-6-18(24-19)22-26-25-21(32-22)16-13-27(12-14-8-10-31-11-9-14)20-15(16)4-3-5-17(20)23/h3-5,13-14,18-19,24H,6-12H2,1-2H3/t18?,19-/m1/s1. The van der Waals surface area contributed by atoms with E-state index >= 15 is 0 Å². The molecule has 0 aliphatic carbocycles. The van der Waals surface area contributed by atoms with Crippen molar-refractivity contribution in [1.82, 2.24) is 20.1 Å². The van der Waals surface area contributed by atoms with Crippen LogP contribution in [0.5, 0.6) is 0 Å². The zero-order chi connectivity index (χ0) is 23.2. The van der Waals surface area contributed by atoms with Crippen molar-refractivity contribution in [2.75, 3.05) is 27.3 Å². The fourth-order valence-corrected chi connectivity index (χ4v) is 5.49. The van der Waals surface area contributed by atoms with Gasteiger partial charge in [-0.2, -0.15) is 0 Å². The Morgan fingerprint density at radius 3 is 2.79 bits per heavy atom. The molecule has 0 bridgehead atoms. The van der Waals surface area contributed by atoms with Gasteiger partial charge in [0.1, 0.15) is 11.3 Å². The van der Waals surface area contributed by atoms with Gasteiger partial charge in [-0.05, 0) is 31.2 Å². The minimum Gasteiger partial charge on any atom is -0.724 e. The maximum Gasteiger partial charge on any atom is 0.249 e. The predicted molar refractivity (Wildman–Crippen MR) is 124 cm³/mol. The van der Waals surface area contributed by atoms with Crippen LogP contribution >= 0.6 is 11.6 Å². The smallest absolute Gasteiger partial charge is 0.249 e. The first kappa shape index (κ1) is 22.9. The van der Waals surface area contributed by atoms with Crippen LogP contribution in [0, 0.1) is 5.92 Å². The third-order valence-corrected chi connectivity index (χ3v) is 8.20. The van der Waals surface area contributed by atoms with Crippen molar-refractivity contribution in [1.29, 1.82) is 0 Å². The maximum absolute atomic E-state index is 11.6. The number of rotatable bonds is 6. The molecule has 0 radical (unpaired) electrons. The van der Waals surface area contributed by atoms with E-state index in [1.54, 1.807) is 14.1 Å². The molecule has 3 atom stereocenters. The summed E-state index contributed by atoms with van der Waals surface area (Å²) in [6.07, 6.45) is 5.30. The number of hydrogen-bond acceptors (Lipinski definition) is 7. The van der Waals surface area contributed by atoms with Gasteiger partial charge in [-0.25, -0.2) is 8.10 Å². The highest BCUT2D eigenvalue weighted by Crippen LogP contribution is 2.37. The van der Waals surface area contributed by atoms with Crippen LogP contribution in [0.2, 0.25) is 5.02 Å². The lowest BCUT2D eigenvalue weighted by Crippen LogP contribution is -2.54. The first-order valence-electron chi connectivity index (χ1n) is 11.2. The second kappa shape index (κ2) is 9.09. The van der Waals surface area contributed by atoms with E-state index in [0.29, 0.717) is 29.1 Å². The Bertz CT molecular complexity index is 1170. The SMILES string of the molecule is C[N+](C)([C@@H]1CCC(c2nnc(-c3cn(CC4CCOCC4)c4c(Cl)cccc34)o2)N1)S(=O)[O-]. The van der Waals surface area contributed by atoms with E-state index < -0.39 is 11.3 Å². The number of nitrogens with one attached hydrogen (secondary N) is 1. The normalized spacial score (nSPS) is 23.4. The van der Waals surface area contributed by atoms with Crippen LogP contribution in [0.3, 0.4) is 0 Å². The summed E-state index contributed by atoms with van der Waals surface area (Å²) in [5.41, 5.74) is 1.82. The number of fused-ring (bicyclic) bond motifs is 1. The average molecular weight is 494 g/mol. The monoisotopic (exact) mass is 493 g/mol. The summed E-state index contributed by atoms with van der Waals surface area (Å²) in [5.74, 6) is 1.44. The number of quaternary nitrogens is 1.